The Hall–Kier alpha value is -2.57. The number of oxazole rings is 1. The molecule has 0 saturated carbocycles. The summed E-state index contributed by atoms with van der Waals surface area (Å²) < 4.78 is 7.13. The van der Waals surface area contributed by atoms with Gasteiger partial charge in [-0.15, -0.1) is 0 Å². The molecule has 0 amide bonds. The first-order valence-electron chi connectivity index (χ1n) is 8.32. The highest BCUT2D eigenvalue weighted by Crippen LogP contribution is 2.25. The third-order valence-electron chi connectivity index (χ3n) is 4.16. The highest BCUT2D eigenvalue weighted by atomic mass is 35.5. The number of fused-ring (bicyclic) bond motifs is 1. The summed E-state index contributed by atoms with van der Waals surface area (Å²) in [5, 5.41) is 1.91. The molecule has 0 saturated heterocycles. The standard InChI is InChI=1S/C20H16ClN3O2S/c1-12-6-7-17-16(8-12)19(25)24(2)20(23-17)27-11-15-10-26-18(22-15)13-4-3-5-14(21)9-13/h3-10H,11H2,1-2H3. The van der Waals surface area contributed by atoms with Crippen LogP contribution in [0, 0.1) is 6.92 Å². The predicted molar refractivity (Wildman–Crippen MR) is 108 cm³/mol. The number of rotatable bonds is 4. The summed E-state index contributed by atoms with van der Waals surface area (Å²) in [5.41, 5.74) is 3.29. The van der Waals surface area contributed by atoms with Crippen LogP contribution in [-0.2, 0) is 12.8 Å². The zero-order chi connectivity index (χ0) is 19.0. The molecule has 0 spiro atoms. The quantitative estimate of drug-likeness (QED) is 0.364. The normalized spacial score (nSPS) is 11.2. The molecule has 2 aromatic carbocycles. The average Bonchev–Trinajstić information content (AvgIpc) is 3.13. The summed E-state index contributed by atoms with van der Waals surface area (Å²) in [6.07, 6.45) is 1.62. The molecule has 5 nitrogen and oxygen atoms in total. The molecular weight excluding hydrogens is 382 g/mol. The van der Waals surface area contributed by atoms with Crippen LogP contribution in [0.5, 0.6) is 0 Å². The van der Waals surface area contributed by atoms with Crippen LogP contribution < -0.4 is 5.56 Å². The fourth-order valence-electron chi connectivity index (χ4n) is 2.76. The van der Waals surface area contributed by atoms with Crippen molar-refractivity contribution in [2.45, 2.75) is 17.8 Å². The minimum absolute atomic E-state index is 0.0500. The fraction of sp³-hybridized carbons (Fsp3) is 0.150. The number of thioether (sulfide) groups is 1. The molecule has 0 fully saturated rings. The molecular formula is C20H16ClN3O2S. The van der Waals surface area contributed by atoms with Gasteiger partial charge in [0.15, 0.2) is 5.16 Å². The van der Waals surface area contributed by atoms with E-state index in [9.17, 15) is 4.79 Å². The number of aromatic nitrogens is 3. The summed E-state index contributed by atoms with van der Waals surface area (Å²) in [6, 6.07) is 13.1. The smallest absolute Gasteiger partial charge is 0.261 e. The largest absolute Gasteiger partial charge is 0.444 e. The zero-order valence-corrected chi connectivity index (χ0v) is 16.3. The molecule has 4 aromatic rings. The molecule has 0 aliphatic carbocycles. The first-order valence-corrected chi connectivity index (χ1v) is 9.68. The van der Waals surface area contributed by atoms with Gasteiger partial charge in [0.2, 0.25) is 5.89 Å². The first kappa shape index (κ1) is 17.8. The molecule has 2 heterocycles. The SMILES string of the molecule is Cc1ccc2nc(SCc3coc(-c4cccc(Cl)c4)n3)n(C)c(=O)c2c1. The van der Waals surface area contributed by atoms with Gasteiger partial charge >= 0.3 is 0 Å². The third-order valence-corrected chi connectivity index (χ3v) is 5.46. The van der Waals surface area contributed by atoms with Crippen molar-refractivity contribution in [3.63, 3.8) is 0 Å². The molecule has 0 unspecified atom stereocenters. The molecule has 27 heavy (non-hydrogen) atoms. The Balaban J connectivity index is 1.58. The Morgan fingerprint density at radius 1 is 1.19 bits per heavy atom. The van der Waals surface area contributed by atoms with Crippen LogP contribution in [-0.4, -0.2) is 14.5 Å². The van der Waals surface area contributed by atoms with Crippen LogP contribution in [0.4, 0.5) is 0 Å². The van der Waals surface area contributed by atoms with E-state index in [1.165, 1.54) is 11.8 Å². The van der Waals surface area contributed by atoms with Crippen molar-refractivity contribution in [3.8, 4) is 11.5 Å². The van der Waals surface area contributed by atoms with Crippen molar-refractivity contribution in [2.24, 2.45) is 7.05 Å². The Labute approximate surface area is 165 Å². The highest BCUT2D eigenvalue weighted by molar-refractivity contribution is 7.98. The highest BCUT2D eigenvalue weighted by Gasteiger charge is 2.12. The zero-order valence-electron chi connectivity index (χ0n) is 14.8. The van der Waals surface area contributed by atoms with Gasteiger partial charge in [-0.2, -0.15) is 0 Å². The van der Waals surface area contributed by atoms with E-state index < -0.39 is 0 Å². The topological polar surface area (TPSA) is 60.9 Å². The van der Waals surface area contributed by atoms with Gasteiger partial charge in [0.1, 0.15) is 6.26 Å². The molecule has 0 N–H and O–H groups in total. The molecule has 0 aliphatic rings. The van der Waals surface area contributed by atoms with E-state index in [4.69, 9.17) is 16.0 Å². The van der Waals surface area contributed by atoms with E-state index in [-0.39, 0.29) is 5.56 Å². The fourth-order valence-corrected chi connectivity index (χ4v) is 3.80. The molecule has 0 aliphatic heterocycles. The lowest BCUT2D eigenvalue weighted by Crippen LogP contribution is -2.20. The van der Waals surface area contributed by atoms with Gasteiger partial charge in [-0.1, -0.05) is 41.1 Å². The number of hydrogen-bond acceptors (Lipinski definition) is 5. The van der Waals surface area contributed by atoms with Gasteiger partial charge in [0.05, 0.1) is 16.6 Å². The minimum Gasteiger partial charge on any atom is -0.444 e. The van der Waals surface area contributed by atoms with Crippen molar-refractivity contribution in [1.29, 1.82) is 0 Å². The lowest BCUT2D eigenvalue weighted by molar-refractivity contribution is 0.573. The van der Waals surface area contributed by atoms with Crippen LogP contribution in [0.1, 0.15) is 11.3 Å². The van der Waals surface area contributed by atoms with Crippen molar-refractivity contribution in [2.75, 3.05) is 0 Å². The number of benzene rings is 2. The van der Waals surface area contributed by atoms with E-state index in [0.29, 0.717) is 32.7 Å². The van der Waals surface area contributed by atoms with Gasteiger partial charge in [0, 0.05) is 23.4 Å². The lowest BCUT2D eigenvalue weighted by Gasteiger charge is -2.08. The summed E-state index contributed by atoms with van der Waals surface area (Å²) in [6.45, 7) is 1.96. The molecule has 7 heteroatoms. The van der Waals surface area contributed by atoms with E-state index in [1.807, 2.05) is 37.3 Å². The summed E-state index contributed by atoms with van der Waals surface area (Å²) in [4.78, 5) is 21.7. The van der Waals surface area contributed by atoms with Gasteiger partial charge in [-0.3, -0.25) is 9.36 Å². The summed E-state index contributed by atoms with van der Waals surface area (Å²) in [7, 11) is 1.74. The number of aryl methyl sites for hydroxylation is 1. The van der Waals surface area contributed by atoms with E-state index >= 15 is 0 Å². The second-order valence-corrected chi connectivity index (χ2v) is 7.60. The number of hydrogen-bond donors (Lipinski definition) is 0. The monoisotopic (exact) mass is 397 g/mol. The van der Waals surface area contributed by atoms with Gasteiger partial charge in [-0.25, -0.2) is 9.97 Å². The first-order chi connectivity index (χ1) is 13.0. The molecule has 0 bridgehead atoms. The maximum atomic E-state index is 12.6. The van der Waals surface area contributed by atoms with E-state index in [1.54, 1.807) is 30.0 Å². The molecule has 2 aromatic heterocycles. The van der Waals surface area contributed by atoms with Crippen LogP contribution in [0.2, 0.25) is 5.02 Å². The number of halogens is 1. The van der Waals surface area contributed by atoms with Crippen LogP contribution in [0.15, 0.2) is 63.1 Å². The summed E-state index contributed by atoms with van der Waals surface area (Å²) >= 11 is 7.47. The second kappa shape index (κ2) is 7.21. The van der Waals surface area contributed by atoms with Gasteiger partial charge < -0.3 is 4.42 Å². The van der Waals surface area contributed by atoms with E-state index in [2.05, 4.69) is 9.97 Å². The maximum Gasteiger partial charge on any atom is 0.261 e. The van der Waals surface area contributed by atoms with Crippen molar-refractivity contribution < 1.29 is 4.42 Å². The Morgan fingerprint density at radius 3 is 2.85 bits per heavy atom. The van der Waals surface area contributed by atoms with Crippen LogP contribution >= 0.6 is 23.4 Å². The Bertz CT molecular complexity index is 1200. The maximum absolute atomic E-state index is 12.6. The molecule has 4 rings (SSSR count). The van der Waals surface area contributed by atoms with Gasteiger partial charge in [-0.05, 0) is 37.3 Å². The van der Waals surface area contributed by atoms with Crippen molar-refractivity contribution in [3.05, 3.63) is 75.4 Å². The Kier molecular flexibility index (Phi) is 4.76. The lowest BCUT2D eigenvalue weighted by atomic mass is 10.2. The second-order valence-electron chi connectivity index (χ2n) is 6.22. The molecule has 0 atom stereocenters. The van der Waals surface area contributed by atoms with Crippen molar-refractivity contribution in [1.82, 2.24) is 14.5 Å². The van der Waals surface area contributed by atoms with Gasteiger partial charge in [0.25, 0.3) is 5.56 Å². The van der Waals surface area contributed by atoms with Crippen molar-refractivity contribution >= 4 is 34.3 Å². The minimum atomic E-state index is -0.0500. The molecule has 136 valence electrons. The van der Waals surface area contributed by atoms with Crippen LogP contribution in [0.25, 0.3) is 22.4 Å². The predicted octanol–water partition coefficient (Wildman–Crippen LogP) is 4.84. The average molecular weight is 398 g/mol. The molecule has 0 radical (unpaired) electrons. The van der Waals surface area contributed by atoms with E-state index in [0.717, 1.165) is 16.8 Å². The van der Waals surface area contributed by atoms with Crippen LogP contribution in [0.3, 0.4) is 0 Å². The number of nitrogens with zero attached hydrogens (tertiary/aromatic N) is 3. The Morgan fingerprint density at radius 2 is 2.04 bits per heavy atom. The summed E-state index contributed by atoms with van der Waals surface area (Å²) in [5.74, 6) is 1.06. The third kappa shape index (κ3) is 3.63.